The molecule has 0 radical (unpaired) electrons. The van der Waals surface area contributed by atoms with Crippen molar-refractivity contribution in [3.63, 3.8) is 0 Å². The Morgan fingerprint density at radius 3 is 2.90 bits per heavy atom. The largest absolute Gasteiger partial charge is 0.481 e. The fourth-order valence-corrected chi connectivity index (χ4v) is 2.93. The summed E-state index contributed by atoms with van der Waals surface area (Å²) in [5, 5.41) is 12.0. The zero-order valence-electron chi connectivity index (χ0n) is 11.7. The van der Waals surface area contributed by atoms with Crippen LogP contribution in [0.3, 0.4) is 0 Å². The van der Waals surface area contributed by atoms with Gasteiger partial charge in [-0.2, -0.15) is 0 Å². The first-order valence-electron chi connectivity index (χ1n) is 7.04. The summed E-state index contributed by atoms with van der Waals surface area (Å²) < 4.78 is 1.85. The summed E-state index contributed by atoms with van der Waals surface area (Å²) in [6, 6.07) is 5.35. The fourth-order valence-electron chi connectivity index (χ4n) is 2.93. The van der Waals surface area contributed by atoms with Crippen LogP contribution in [0.25, 0.3) is 5.65 Å². The van der Waals surface area contributed by atoms with Crippen molar-refractivity contribution >= 4 is 17.5 Å². The molecule has 1 fully saturated rings. The molecule has 2 aromatic heterocycles. The molecule has 2 heterocycles. The van der Waals surface area contributed by atoms with E-state index in [0.29, 0.717) is 24.2 Å². The van der Waals surface area contributed by atoms with E-state index in [-0.39, 0.29) is 11.9 Å². The van der Waals surface area contributed by atoms with Gasteiger partial charge in [-0.05, 0) is 31.9 Å². The summed E-state index contributed by atoms with van der Waals surface area (Å²) in [7, 11) is 0. The molecular formula is C15H17N3O3. The first kappa shape index (κ1) is 13.6. The fraction of sp³-hybridized carbons (Fsp3) is 0.400. The molecule has 0 spiro atoms. The van der Waals surface area contributed by atoms with Crippen LogP contribution < -0.4 is 5.32 Å². The maximum absolute atomic E-state index is 12.3. The smallest absolute Gasteiger partial charge is 0.308 e. The Kier molecular flexibility index (Phi) is 3.37. The molecule has 2 N–H and O–H groups in total. The van der Waals surface area contributed by atoms with Gasteiger partial charge in [0.2, 0.25) is 0 Å². The summed E-state index contributed by atoms with van der Waals surface area (Å²) in [4.78, 5) is 27.7. The van der Waals surface area contributed by atoms with E-state index in [0.717, 1.165) is 12.1 Å². The molecule has 6 heteroatoms. The van der Waals surface area contributed by atoms with Gasteiger partial charge >= 0.3 is 5.97 Å². The number of aliphatic carboxylic acids is 1. The van der Waals surface area contributed by atoms with Crippen LogP contribution in [-0.4, -0.2) is 32.4 Å². The number of carboxylic acid groups (broad SMARTS) is 1. The lowest BCUT2D eigenvalue weighted by Crippen LogP contribution is -2.40. The number of nitrogens with one attached hydrogen (secondary N) is 1. The molecule has 110 valence electrons. The standard InChI is InChI=1S/C15H17N3O3/c1-9-4-2-7-13-16-12(8-18(9)13)14(19)17-11-6-3-5-10(11)15(20)21/h2,4,7-8,10-11H,3,5-6H2,1H3,(H,17,19)(H,20,21)/t10-,11-/m0/s1. The Bertz CT molecular complexity index is 707. The van der Waals surface area contributed by atoms with E-state index in [1.807, 2.05) is 29.5 Å². The van der Waals surface area contributed by atoms with Crippen molar-refractivity contribution in [1.29, 1.82) is 0 Å². The maximum Gasteiger partial charge on any atom is 0.308 e. The van der Waals surface area contributed by atoms with Crippen molar-refractivity contribution < 1.29 is 14.7 Å². The second-order valence-corrected chi connectivity index (χ2v) is 5.48. The topological polar surface area (TPSA) is 83.7 Å². The first-order chi connectivity index (χ1) is 10.1. The zero-order valence-corrected chi connectivity index (χ0v) is 11.7. The minimum Gasteiger partial charge on any atom is -0.481 e. The van der Waals surface area contributed by atoms with E-state index in [1.165, 1.54) is 0 Å². The molecule has 0 aliphatic heterocycles. The SMILES string of the molecule is Cc1cccc2nc(C(=O)N[C@H]3CCC[C@@H]3C(=O)O)cn12. The third-order valence-electron chi connectivity index (χ3n) is 4.08. The Morgan fingerprint density at radius 2 is 2.19 bits per heavy atom. The Hall–Kier alpha value is -2.37. The van der Waals surface area contributed by atoms with E-state index < -0.39 is 11.9 Å². The van der Waals surface area contributed by atoms with E-state index in [9.17, 15) is 9.59 Å². The summed E-state index contributed by atoms with van der Waals surface area (Å²) in [5.41, 5.74) is 2.02. The van der Waals surface area contributed by atoms with Gasteiger partial charge in [0.1, 0.15) is 11.3 Å². The summed E-state index contributed by atoms with van der Waals surface area (Å²) in [6.45, 7) is 1.94. The van der Waals surface area contributed by atoms with Crippen LogP contribution in [0.5, 0.6) is 0 Å². The van der Waals surface area contributed by atoms with Crippen molar-refractivity contribution in [1.82, 2.24) is 14.7 Å². The van der Waals surface area contributed by atoms with Crippen LogP contribution >= 0.6 is 0 Å². The van der Waals surface area contributed by atoms with E-state index in [1.54, 1.807) is 6.20 Å². The van der Waals surface area contributed by atoms with Crippen LogP contribution in [0.1, 0.15) is 35.4 Å². The van der Waals surface area contributed by atoms with Crippen LogP contribution in [0, 0.1) is 12.8 Å². The van der Waals surface area contributed by atoms with Crippen LogP contribution in [0.15, 0.2) is 24.4 Å². The van der Waals surface area contributed by atoms with Gasteiger partial charge < -0.3 is 14.8 Å². The molecule has 1 aliphatic rings. The monoisotopic (exact) mass is 287 g/mol. The molecule has 0 bridgehead atoms. The lowest BCUT2D eigenvalue weighted by atomic mass is 10.0. The maximum atomic E-state index is 12.3. The summed E-state index contributed by atoms with van der Waals surface area (Å²) in [5.74, 6) is -1.65. The van der Waals surface area contributed by atoms with E-state index >= 15 is 0 Å². The number of aryl methyl sites for hydroxylation is 1. The number of amides is 1. The number of hydrogen-bond donors (Lipinski definition) is 2. The number of imidazole rings is 1. The van der Waals surface area contributed by atoms with Crippen molar-refractivity contribution in [3.8, 4) is 0 Å². The average Bonchev–Trinajstić information content (AvgIpc) is 3.05. The second kappa shape index (κ2) is 5.20. The van der Waals surface area contributed by atoms with Gasteiger partial charge in [0.25, 0.3) is 5.91 Å². The summed E-state index contributed by atoms with van der Waals surface area (Å²) >= 11 is 0. The Morgan fingerprint density at radius 1 is 1.38 bits per heavy atom. The number of nitrogens with zero attached hydrogens (tertiary/aromatic N) is 2. The third kappa shape index (κ3) is 2.49. The zero-order chi connectivity index (χ0) is 15.0. The third-order valence-corrected chi connectivity index (χ3v) is 4.08. The predicted octanol–water partition coefficient (Wildman–Crippen LogP) is 1.63. The molecule has 6 nitrogen and oxygen atoms in total. The van der Waals surface area contributed by atoms with Crippen molar-refractivity contribution in [2.75, 3.05) is 0 Å². The lowest BCUT2D eigenvalue weighted by Gasteiger charge is -2.16. The van der Waals surface area contributed by atoms with Gasteiger partial charge in [-0.1, -0.05) is 12.5 Å². The highest BCUT2D eigenvalue weighted by atomic mass is 16.4. The molecule has 2 aromatic rings. The second-order valence-electron chi connectivity index (χ2n) is 5.48. The molecule has 1 amide bonds. The molecule has 1 aliphatic carbocycles. The van der Waals surface area contributed by atoms with Gasteiger partial charge in [0.15, 0.2) is 0 Å². The first-order valence-corrected chi connectivity index (χ1v) is 7.04. The molecule has 0 saturated heterocycles. The number of carbonyl (C=O) groups excluding carboxylic acids is 1. The highest BCUT2D eigenvalue weighted by Gasteiger charge is 2.34. The lowest BCUT2D eigenvalue weighted by molar-refractivity contribution is -0.142. The minimum absolute atomic E-state index is 0.305. The number of aromatic nitrogens is 2. The Balaban J connectivity index is 1.81. The predicted molar refractivity (Wildman–Crippen MR) is 76.2 cm³/mol. The molecule has 1 saturated carbocycles. The Labute approximate surface area is 121 Å². The number of fused-ring (bicyclic) bond motifs is 1. The van der Waals surface area contributed by atoms with Gasteiger partial charge in [-0.3, -0.25) is 9.59 Å². The van der Waals surface area contributed by atoms with Gasteiger partial charge in [-0.25, -0.2) is 4.98 Å². The molecular weight excluding hydrogens is 270 g/mol. The molecule has 3 rings (SSSR count). The number of rotatable bonds is 3. The number of carbonyl (C=O) groups is 2. The van der Waals surface area contributed by atoms with Crippen LogP contribution in [-0.2, 0) is 4.79 Å². The van der Waals surface area contributed by atoms with Crippen molar-refractivity contribution in [2.45, 2.75) is 32.2 Å². The average molecular weight is 287 g/mol. The van der Waals surface area contributed by atoms with E-state index in [2.05, 4.69) is 10.3 Å². The van der Waals surface area contributed by atoms with E-state index in [4.69, 9.17) is 5.11 Å². The van der Waals surface area contributed by atoms with Crippen LogP contribution in [0.4, 0.5) is 0 Å². The number of carboxylic acids is 1. The summed E-state index contributed by atoms with van der Waals surface area (Å²) in [6.07, 6.45) is 3.83. The molecule has 0 aromatic carbocycles. The molecule has 21 heavy (non-hydrogen) atoms. The van der Waals surface area contributed by atoms with Crippen molar-refractivity contribution in [3.05, 3.63) is 35.8 Å². The molecule has 2 atom stereocenters. The van der Waals surface area contributed by atoms with Crippen LogP contribution in [0.2, 0.25) is 0 Å². The highest BCUT2D eigenvalue weighted by Crippen LogP contribution is 2.26. The van der Waals surface area contributed by atoms with Gasteiger partial charge in [0, 0.05) is 17.9 Å². The highest BCUT2D eigenvalue weighted by molar-refractivity contribution is 5.93. The molecule has 0 unspecified atom stereocenters. The number of pyridine rings is 1. The quantitative estimate of drug-likeness (QED) is 0.898. The minimum atomic E-state index is -0.844. The normalized spacial score (nSPS) is 21.6. The van der Waals surface area contributed by atoms with Gasteiger partial charge in [0.05, 0.1) is 5.92 Å². The van der Waals surface area contributed by atoms with Gasteiger partial charge in [-0.15, -0.1) is 0 Å². The number of hydrogen-bond acceptors (Lipinski definition) is 3. The van der Waals surface area contributed by atoms with Crippen molar-refractivity contribution in [2.24, 2.45) is 5.92 Å².